The maximum absolute atomic E-state index is 13.2. The van der Waals surface area contributed by atoms with Gasteiger partial charge < -0.3 is 10.2 Å². The molecule has 138 valence electrons. The molecule has 2 aromatic carbocycles. The number of fused-ring (bicyclic) bond motifs is 1. The van der Waals surface area contributed by atoms with Crippen LogP contribution in [-0.4, -0.2) is 54.2 Å². The van der Waals surface area contributed by atoms with Gasteiger partial charge in [-0.25, -0.2) is 0 Å². The van der Waals surface area contributed by atoms with Crippen LogP contribution in [0.2, 0.25) is 5.02 Å². The fourth-order valence-corrected chi connectivity index (χ4v) is 3.82. The van der Waals surface area contributed by atoms with E-state index in [0.717, 1.165) is 10.5 Å². The Bertz CT molecular complexity index is 959. The highest BCUT2D eigenvalue weighted by atomic mass is 35.5. The first kappa shape index (κ1) is 17.7. The van der Waals surface area contributed by atoms with Crippen molar-refractivity contribution in [3.63, 3.8) is 0 Å². The van der Waals surface area contributed by atoms with Crippen LogP contribution in [0.3, 0.4) is 0 Å². The molecule has 3 amide bonds. The van der Waals surface area contributed by atoms with Crippen molar-refractivity contribution >= 4 is 29.3 Å². The summed E-state index contributed by atoms with van der Waals surface area (Å²) in [5.74, 6) is -0.886. The number of hydrogen-bond acceptors (Lipinski definition) is 4. The Hall–Kier alpha value is -2.70. The Morgan fingerprint density at radius 1 is 1.11 bits per heavy atom. The van der Waals surface area contributed by atoms with Crippen molar-refractivity contribution in [1.82, 2.24) is 15.1 Å². The van der Waals surface area contributed by atoms with Crippen molar-refractivity contribution in [2.75, 3.05) is 26.7 Å². The highest BCUT2D eigenvalue weighted by Crippen LogP contribution is 2.28. The lowest BCUT2D eigenvalue weighted by molar-refractivity contribution is 0.0633. The third-order valence-electron chi connectivity index (χ3n) is 5.07. The highest BCUT2D eigenvalue weighted by molar-refractivity contribution is 6.30. The van der Waals surface area contributed by atoms with Crippen LogP contribution in [0, 0.1) is 0 Å². The van der Waals surface area contributed by atoms with E-state index in [0.29, 0.717) is 35.8 Å². The van der Waals surface area contributed by atoms with Crippen LogP contribution in [0.1, 0.15) is 42.7 Å². The number of nitrogens with one attached hydrogen (secondary N) is 1. The molecule has 0 spiro atoms. The predicted octanol–water partition coefficient (Wildman–Crippen LogP) is 2.35. The summed E-state index contributed by atoms with van der Waals surface area (Å²) < 4.78 is 0. The van der Waals surface area contributed by atoms with Gasteiger partial charge >= 0.3 is 0 Å². The number of rotatable bonds is 2. The third-order valence-corrected chi connectivity index (χ3v) is 5.31. The summed E-state index contributed by atoms with van der Waals surface area (Å²) in [4.78, 5) is 40.3. The molecular weight excluding hydrogens is 366 g/mol. The lowest BCUT2D eigenvalue weighted by Gasteiger charge is -2.36. The average Bonchev–Trinajstić information content (AvgIpc) is 2.91. The monoisotopic (exact) mass is 383 g/mol. The molecule has 1 saturated heterocycles. The van der Waals surface area contributed by atoms with Crippen LogP contribution in [0.5, 0.6) is 0 Å². The van der Waals surface area contributed by atoms with Crippen molar-refractivity contribution in [3.8, 4) is 0 Å². The second-order valence-corrected chi connectivity index (χ2v) is 7.14. The van der Waals surface area contributed by atoms with Gasteiger partial charge in [0.15, 0.2) is 0 Å². The van der Waals surface area contributed by atoms with E-state index < -0.39 is 0 Å². The van der Waals surface area contributed by atoms with E-state index in [-0.39, 0.29) is 29.3 Å². The molecule has 0 bridgehead atoms. The van der Waals surface area contributed by atoms with Crippen molar-refractivity contribution in [2.24, 2.45) is 0 Å². The van der Waals surface area contributed by atoms with E-state index in [1.54, 1.807) is 23.1 Å². The molecule has 7 heteroatoms. The number of piperazine rings is 1. The van der Waals surface area contributed by atoms with Crippen molar-refractivity contribution in [1.29, 1.82) is 0 Å². The minimum absolute atomic E-state index is 0.154. The molecule has 0 aromatic heterocycles. The van der Waals surface area contributed by atoms with E-state index in [2.05, 4.69) is 5.32 Å². The lowest BCUT2D eigenvalue weighted by Crippen LogP contribution is -2.48. The van der Waals surface area contributed by atoms with Crippen LogP contribution >= 0.6 is 11.6 Å². The van der Waals surface area contributed by atoms with Crippen molar-refractivity contribution in [3.05, 3.63) is 69.7 Å². The number of halogens is 1. The Labute approximate surface area is 161 Å². The zero-order chi connectivity index (χ0) is 19.1. The lowest BCUT2D eigenvalue weighted by atomic mass is 10.0. The standard InChI is InChI=1S/C20H18ClN3O3/c1-23-19(26)15-6-5-13(10-16(15)20(23)27)18(25)24-8-7-22-11-17(24)12-3-2-4-14(21)9-12/h2-6,9-10,17,22H,7-8,11H2,1H3. The summed E-state index contributed by atoms with van der Waals surface area (Å²) in [7, 11) is 1.44. The van der Waals surface area contributed by atoms with Crippen LogP contribution < -0.4 is 5.32 Å². The van der Waals surface area contributed by atoms with Crippen molar-refractivity contribution < 1.29 is 14.4 Å². The molecule has 1 N–H and O–H groups in total. The zero-order valence-electron chi connectivity index (χ0n) is 14.7. The van der Waals surface area contributed by atoms with E-state index >= 15 is 0 Å². The summed E-state index contributed by atoms with van der Waals surface area (Å²) in [6.45, 7) is 1.85. The molecule has 2 heterocycles. The largest absolute Gasteiger partial charge is 0.329 e. The molecular formula is C20H18ClN3O3. The van der Waals surface area contributed by atoms with Gasteiger partial charge in [0.1, 0.15) is 0 Å². The van der Waals surface area contributed by atoms with Gasteiger partial charge in [0.05, 0.1) is 17.2 Å². The first-order valence-corrected chi connectivity index (χ1v) is 9.09. The van der Waals surface area contributed by atoms with E-state index in [1.807, 2.05) is 18.2 Å². The predicted molar refractivity (Wildman–Crippen MR) is 101 cm³/mol. The molecule has 0 aliphatic carbocycles. The summed E-state index contributed by atoms with van der Waals surface area (Å²) in [5.41, 5.74) is 1.97. The Morgan fingerprint density at radius 3 is 2.67 bits per heavy atom. The van der Waals surface area contributed by atoms with Gasteiger partial charge in [0, 0.05) is 37.3 Å². The van der Waals surface area contributed by atoms with Gasteiger partial charge in [-0.3, -0.25) is 19.3 Å². The van der Waals surface area contributed by atoms with E-state index in [4.69, 9.17) is 11.6 Å². The van der Waals surface area contributed by atoms with Gasteiger partial charge in [-0.2, -0.15) is 0 Å². The topological polar surface area (TPSA) is 69.7 Å². The second-order valence-electron chi connectivity index (χ2n) is 6.70. The van der Waals surface area contributed by atoms with Gasteiger partial charge in [-0.1, -0.05) is 23.7 Å². The van der Waals surface area contributed by atoms with Crippen LogP contribution in [0.4, 0.5) is 0 Å². The molecule has 0 saturated carbocycles. The molecule has 2 aliphatic rings. The number of nitrogens with zero attached hydrogens (tertiary/aromatic N) is 2. The second kappa shape index (κ2) is 6.79. The highest BCUT2D eigenvalue weighted by Gasteiger charge is 2.35. The molecule has 1 atom stereocenters. The summed E-state index contributed by atoms with van der Waals surface area (Å²) in [6.07, 6.45) is 0. The van der Waals surface area contributed by atoms with Gasteiger partial charge in [-0.15, -0.1) is 0 Å². The normalized spacial score (nSPS) is 19.4. The number of carbonyl (C=O) groups is 3. The van der Waals surface area contributed by atoms with Crippen LogP contribution in [0.15, 0.2) is 42.5 Å². The summed E-state index contributed by atoms with van der Waals surface area (Å²) in [6, 6.07) is 12.0. The summed E-state index contributed by atoms with van der Waals surface area (Å²) >= 11 is 6.12. The minimum atomic E-state index is -0.378. The SMILES string of the molecule is CN1C(=O)c2ccc(C(=O)N3CCNCC3c3cccc(Cl)c3)cc2C1=O. The molecule has 4 rings (SSSR count). The zero-order valence-corrected chi connectivity index (χ0v) is 15.5. The van der Waals surface area contributed by atoms with Gasteiger partial charge in [0.2, 0.25) is 0 Å². The minimum Gasteiger partial charge on any atom is -0.329 e. The van der Waals surface area contributed by atoms with Crippen molar-refractivity contribution in [2.45, 2.75) is 6.04 Å². The molecule has 1 fully saturated rings. The molecule has 2 aromatic rings. The molecule has 27 heavy (non-hydrogen) atoms. The fourth-order valence-electron chi connectivity index (χ4n) is 3.62. The van der Waals surface area contributed by atoms with E-state index in [9.17, 15) is 14.4 Å². The van der Waals surface area contributed by atoms with Gasteiger partial charge in [0.25, 0.3) is 17.7 Å². The quantitative estimate of drug-likeness (QED) is 0.808. The number of imide groups is 1. The van der Waals surface area contributed by atoms with E-state index in [1.165, 1.54) is 13.1 Å². The molecule has 6 nitrogen and oxygen atoms in total. The maximum Gasteiger partial charge on any atom is 0.261 e. The van der Waals surface area contributed by atoms with Gasteiger partial charge in [-0.05, 0) is 35.9 Å². The smallest absolute Gasteiger partial charge is 0.261 e. The maximum atomic E-state index is 13.2. The average molecular weight is 384 g/mol. The number of hydrogen-bond donors (Lipinski definition) is 1. The fraction of sp³-hybridized carbons (Fsp3) is 0.250. The molecule has 1 unspecified atom stereocenters. The molecule has 0 radical (unpaired) electrons. The first-order valence-electron chi connectivity index (χ1n) is 8.71. The number of amides is 3. The van der Waals surface area contributed by atoms with Crippen LogP contribution in [0.25, 0.3) is 0 Å². The summed E-state index contributed by atoms with van der Waals surface area (Å²) in [5, 5.41) is 3.93. The Morgan fingerprint density at radius 2 is 1.89 bits per heavy atom. The Balaban J connectivity index is 1.67. The molecule has 2 aliphatic heterocycles. The third kappa shape index (κ3) is 3.01. The Kier molecular flexibility index (Phi) is 4.45. The van der Waals surface area contributed by atoms with Crippen LogP contribution in [-0.2, 0) is 0 Å². The first-order chi connectivity index (χ1) is 13.0. The number of carbonyl (C=O) groups excluding carboxylic acids is 3. The number of benzene rings is 2.